The van der Waals surface area contributed by atoms with Gasteiger partial charge in [-0.1, -0.05) is 0 Å². The summed E-state index contributed by atoms with van der Waals surface area (Å²) in [5, 5.41) is 12.9. The first-order chi connectivity index (χ1) is 10.5. The number of aromatic hydroxyl groups is 1. The highest BCUT2D eigenvalue weighted by Crippen LogP contribution is 2.45. The monoisotopic (exact) mass is 303 g/mol. The smallest absolute Gasteiger partial charge is 0.296 e. The quantitative estimate of drug-likeness (QED) is 0.714. The third-order valence-corrected chi connectivity index (χ3v) is 5.29. The van der Waals surface area contributed by atoms with Crippen LogP contribution in [0.1, 0.15) is 52.1 Å². The van der Waals surface area contributed by atoms with Gasteiger partial charge in [-0.05, 0) is 32.1 Å². The van der Waals surface area contributed by atoms with E-state index in [0.29, 0.717) is 31.4 Å². The molecular weight excluding hydrogens is 286 g/mol. The summed E-state index contributed by atoms with van der Waals surface area (Å²) in [7, 11) is 1.70. The summed E-state index contributed by atoms with van der Waals surface area (Å²) in [5.41, 5.74) is -0.549. The molecule has 1 aliphatic carbocycles. The maximum atomic E-state index is 12.8. The Morgan fingerprint density at radius 3 is 2.55 bits per heavy atom. The minimum absolute atomic E-state index is 0.0284. The maximum Gasteiger partial charge on any atom is 0.296 e. The third-order valence-electron chi connectivity index (χ3n) is 5.29. The lowest BCUT2D eigenvalue weighted by Crippen LogP contribution is -2.46. The van der Waals surface area contributed by atoms with Gasteiger partial charge in [0.25, 0.3) is 17.4 Å². The fourth-order valence-corrected chi connectivity index (χ4v) is 4.21. The number of nitrogens with zero attached hydrogens (tertiary/aromatic N) is 2. The molecule has 7 heteroatoms. The average molecular weight is 303 g/mol. The Balaban J connectivity index is 2.12. The molecule has 2 N–H and O–H groups in total. The molecule has 1 aromatic rings. The summed E-state index contributed by atoms with van der Waals surface area (Å²) in [6, 6.07) is 0. The highest BCUT2D eigenvalue weighted by Gasteiger charge is 2.52. The van der Waals surface area contributed by atoms with Crippen molar-refractivity contribution in [1.29, 1.82) is 0 Å². The normalized spacial score (nSPS) is 22.0. The molecule has 2 aliphatic heterocycles. The maximum absolute atomic E-state index is 12.8. The Labute approximate surface area is 126 Å². The first-order valence-corrected chi connectivity index (χ1v) is 7.57. The fourth-order valence-electron chi connectivity index (χ4n) is 4.21. The molecule has 2 amide bonds. The molecule has 3 heterocycles. The van der Waals surface area contributed by atoms with Crippen molar-refractivity contribution in [2.45, 2.75) is 37.8 Å². The van der Waals surface area contributed by atoms with E-state index in [1.807, 2.05) is 0 Å². The summed E-state index contributed by atoms with van der Waals surface area (Å²) in [6.07, 6.45) is 3.71. The van der Waals surface area contributed by atoms with Crippen LogP contribution in [0.15, 0.2) is 4.79 Å². The standard InChI is InChI=1S/C15H17N3O4/c1-17-13(21)10-8-4-7-16-12(20)9(8)11(19)14(22)18(10)15(17)5-2-3-6-15/h19H,2-7H2,1H3,(H,16,20). The average Bonchev–Trinajstić information content (AvgIpc) is 3.06. The number of rotatable bonds is 0. The van der Waals surface area contributed by atoms with Crippen LogP contribution in [-0.4, -0.2) is 40.0 Å². The molecule has 0 bridgehead atoms. The number of carbonyl (C=O) groups is 2. The summed E-state index contributed by atoms with van der Waals surface area (Å²) >= 11 is 0. The predicted molar refractivity (Wildman–Crippen MR) is 76.9 cm³/mol. The Kier molecular flexibility index (Phi) is 2.50. The van der Waals surface area contributed by atoms with Gasteiger partial charge in [0.05, 0.1) is 5.56 Å². The van der Waals surface area contributed by atoms with E-state index < -0.39 is 22.9 Å². The van der Waals surface area contributed by atoms with Gasteiger partial charge in [0, 0.05) is 19.2 Å². The van der Waals surface area contributed by atoms with Crippen molar-refractivity contribution in [3.63, 3.8) is 0 Å². The number of carbonyl (C=O) groups excluding carboxylic acids is 2. The molecule has 7 nitrogen and oxygen atoms in total. The van der Waals surface area contributed by atoms with Gasteiger partial charge < -0.3 is 15.3 Å². The molecule has 22 heavy (non-hydrogen) atoms. The largest absolute Gasteiger partial charge is 0.502 e. The van der Waals surface area contributed by atoms with E-state index in [-0.39, 0.29) is 17.2 Å². The zero-order chi connectivity index (χ0) is 15.6. The molecule has 3 aliphatic rings. The van der Waals surface area contributed by atoms with Crippen molar-refractivity contribution in [2.24, 2.45) is 0 Å². The number of hydrogen-bond donors (Lipinski definition) is 2. The number of amides is 2. The molecule has 0 aromatic carbocycles. The van der Waals surface area contributed by atoms with Gasteiger partial charge >= 0.3 is 0 Å². The topological polar surface area (TPSA) is 91.6 Å². The van der Waals surface area contributed by atoms with Gasteiger partial charge in [-0.3, -0.25) is 19.0 Å². The number of nitrogens with one attached hydrogen (secondary N) is 1. The van der Waals surface area contributed by atoms with Crippen LogP contribution < -0.4 is 10.9 Å². The van der Waals surface area contributed by atoms with E-state index in [1.165, 1.54) is 4.57 Å². The van der Waals surface area contributed by atoms with E-state index in [1.54, 1.807) is 11.9 Å². The van der Waals surface area contributed by atoms with Gasteiger partial charge in [-0.2, -0.15) is 0 Å². The molecule has 0 unspecified atom stereocenters. The SMILES string of the molecule is CN1C(=O)c2c3c(c(O)c(=O)n2C12CCCC2)C(=O)NCC3. The van der Waals surface area contributed by atoms with E-state index in [0.717, 1.165) is 12.8 Å². The van der Waals surface area contributed by atoms with Crippen LogP contribution in [0.5, 0.6) is 5.75 Å². The second-order valence-corrected chi connectivity index (χ2v) is 6.25. The van der Waals surface area contributed by atoms with Crippen LogP contribution in [-0.2, 0) is 12.1 Å². The van der Waals surface area contributed by atoms with Crippen molar-refractivity contribution >= 4 is 11.8 Å². The van der Waals surface area contributed by atoms with Gasteiger partial charge in [-0.25, -0.2) is 0 Å². The molecular formula is C15H17N3O4. The number of fused-ring (bicyclic) bond motifs is 4. The molecule has 1 saturated carbocycles. The predicted octanol–water partition coefficient (Wildman–Crippen LogP) is 0.152. The lowest BCUT2D eigenvalue weighted by Gasteiger charge is -2.33. The van der Waals surface area contributed by atoms with Crippen molar-refractivity contribution in [2.75, 3.05) is 13.6 Å². The Morgan fingerprint density at radius 1 is 1.18 bits per heavy atom. The zero-order valence-electron chi connectivity index (χ0n) is 12.3. The lowest BCUT2D eigenvalue weighted by atomic mass is 9.97. The van der Waals surface area contributed by atoms with Crippen molar-refractivity contribution in [1.82, 2.24) is 14.8 Å². The van der Waals surface area contributed by atoms with E-state index in [4.69, 9.17) is 0 Å². The molecule has 1 aromatic heterocycles. The molecule has 1 fully saturated rings. The summed E-state index contributed by atoms with van der Waals surface area (Å²) in [6.45, 7) is 0.403. The van der Waals surface area contributed by atoms with Crippen molar-refractivity contribution < 1.29 is 14.7 Å². The Bertz CT molecular complexity index is 774. The van der Waals surface area contributed by atoms with Crippen LogP contribution in [0.4, 0.5) is 0 Å². The number of aromatic nitrogens is 1. The molecule has 4 rings (SSSR count). The minimum Gasteiger partial charge on any atom is -0.502 e. The van der Waals surface area contributed by atoms with E-state index >= 15 is 0 Å². The van der Waals surface area contributed by atoms with Gasteiger partial charge in [0.2, 0.25) is 0 Å². The van der Waals surface area contributed by atoms with Gasteiger partial charge in [0.15, 0.2) is 5.75 Å². The second-order valence-electron chi connectivity index (χ2n) is 6.25. The van der Waals surface area contributed by atoms with Gasteiger partial charge in [-0.15, -0.1) is 0 Å². The zero-order valence-corrected chi connectivity index (χ0v) is 12.3. The summed E-state index contributed by atoms with van der Waals surface area (Å²) in [4.78, 5) is 39.1. The first-order valence-electron chi connectivity index (χ1n) is 7.57. The van der Waals surface area contributed by atoms with Crippen molar-refractivity contribution in [3.05, 3.63) is 27.2 Å². The second kappa shape index (κ2) is 4.12. The molecule has 116 valence electrons. The summed E-state index contributed by atoms with van der Waals surface area (Å²) < 4.78 is 1.45. The fraction of sp³-hybridized carbons (Fsp3) is 0.533. The molecule has 1 spiro atoms. The van der Waals surface area contributed by atoms with Crippen LogP contribution >= 0.6 is 0 Å². The molecule has 0 saturated heterocycles. The Morgan fingerprint density at radius 2 is 1.86 bits per heavy atom. The highest BCUT2D eigenvalue weighted by atomic mass is 16.3. The third kappa shape index (κ3) is 1.34. The minimum atomic E-state index is -0.677. The number of pyridine rings is 1. The van der Waals surface area contributed by atoms with Crippen LogP contribution in [0, 0.1) is 0 Å². The van der Waals surface area contributed by atoms with E-state index in [9.17, 15) is 19.5 Å². The lowest BCUT2D eigenvalue weighted by molar-refractivity contribution is 0.0502. The number of hydrogen-bond acceptors (Lipinski definition) is 4. The molecule has 0 radical (unpaired) electrons. The van der Waals surface area contributed by atoms with Crippen molar-refractivity contribution in [3.8, 4) is 5.75 Å². The first kappa shape index (κ1) is 13.4. The Hall–Kier alpha value is -2.31. The highest BCUT2D eigenvalue weighted by molar-refractivity contribution is 6.04. The molecule has 0 atom stereocenters. The van der Waals surface area contributed by atoms with Crippen LogP contribution in [0.25, 0.3) is 0 Å². The van der Waals surface area contributed by atoms with Gasteiger partial charge in [0.1, 0.15) is 11.4 Å². The van der Waals surface area contributed by atoms with Crippen LogP contribution in [0.3, 0.4) is 0 Å². The van der Waals surface area contributed by atoms with E-state index in [2.05, 4.69) is 5.32 Å². The summed E-state index contributed by atoms with van der Waals surface area (Å²) in [5.74, 6) is -1.25. The van der Waals surface area contributed by atoms with Crippen LogP contribution in [0.2, 0.25) is 0 Å².